The van der Waals surface area contributed by atoms with E-state index in [4.69, 9.17) is 22.6 Å². The fraction of sp³-hybridized carbons (Fsp3) is 0.273. The van der Waals surface area contributed by atoms with Crippen LogP contribution in [0, 0.1) is 0 Å². The van der Waals surface area contributed by atoms with Crippen molar-refractivity contribution < 1.29 is 75.3 Å². The molecule has 0 aliphatic carbocycles. The van der Waals surface area contributed by atoms with E-state index in [-0.39, 0.29) is 34.4 Å². The van der Waals surface area contributed by atoms with Crippen LogP contribution in [0.25, 0.3) is 0 Å². The third kappa shape index (κ3) is 14.4. The minimum atomic E-state index is -4.79. The first-order valence-corrected chi connectivity index (χ1v) is 34.0. The van der Waals surface area contributed by atoms with Crippen LogP contribution < -0.4 is 42.0 Å². The predicted octanol–water partition coefficient (Wildman–Crippen LogP) is 14.8. The molecule has 8 aromatic rings. The predicted molar refractivity (Wildman–Crippen MR) is 324 cm³/mol. The monoisotopic (exact) mass is 1280 g/mol. The molecule has 87 heavy (non-hydrogen) atoms. The van der Waals surface area contributed by atoms with Gasteiger partial charge in [-0.3, -0.25) is 0 Å². The lowest BCUT2D eigenvalue weighted by Crippen LogP contribution is -2.67. The third-order valence-corrected chi connectivity index (χ3v) is 29.3. The topological polar surface area (TPSA) is 46.2 Å². The molecule has 1 aliphatic rings. The number of alkyl halides is 12. The third-order valence-electron chi connectivity index (χ3n) is 15.3. The Morgan fingerprint density at radius 2 is 0.529 bits per heavy atom. The summed E-state index contributed by atoms with van der Waals surface area (Å²) in [5.41, 5.74) is -4.07. The van der Waals surface area contributed by atoms with Gasteiger partial charge in [-0.2, -0.15) is 52.7 Å². The normalized spacial score (nSPS) is 17.5. The number of hydrogen-bond donors (Lipinski definition) is 0. The second-order valence-corrected chi connectivity index (χ2v) is 35.3. The molecule has 458 valence electrons. The van der Waals surface area contributed by atoms with Gasteiger partial charge in [-0.25, -0.2) is 0 Å². The Kier molecular flexibility index (Phi) is 19.4. The molecular formula is C66H62F12O5P2Si2. The maximum absolute atomic E-state index is 14.3. The van der Waals surface area contributed by atoms with Crippen LogP contribution in [0.5, 0.6) is 0 Å². The molecule has 0 bridgehead atoms. The second kappa shape index (κ2) is 25.8. The zero-order valence-electron chi connectivity index (χ0n) is 48.0. The zero-order valence-corrected chi connectivity index (χ0v) is 51.8. The summed E-state index contributed by atoms with van der Waals surface area (Å²) in [4.78, 5) is 0. The molecule has 0 unspecified atom stereocenters. The SMILES string of the molecule is CC(C)(C)[Si](OC[C@H]1O[C@H](CO[Si](c2ccccc2)(c2ccccc2)C(C)(C)C)[C@@H](OP(c2ccc(C(F)(F)F)cc2)c2ccc(C(F)(F)F)cc2)[C@@H]1OP(c1ccc(C(F)(F)F)cc1)c1ccc(C(F)(F)F)cc1)(c1ccccc1)c1ccccc1. The molecule has 0 aromatic heterocycles. The molecule has 8 aromatic carbocycles. The van der Waals surface area contributed by atoms with E-state index < -0.39 is 114 Å². The summed E-state index contributed by atoms with van der Waals surface area (Å²) in [6, 6.07) is 54.4. The van der Waals surface area contributed by atoms with Gasteiger partial charge in [0.2, 0.25) is 0 Å². The molecular weight excluding hydrogens is 1220 g/mol. The molecule has 1 heterocycles. The van der Waals surface area contributed by atoms with Crippen molar-refractivity contribution in [1.82, 2.24) is 0 Å². The summed E-state index contributed by atoms with van der Waals surface area (Å²) < 4.78 is 209. The number of halogens is 12. The quantitative estimate of drug-likeness (QED) is 0.0487. The maximum atomic E-state index is 14.3. The van der Waals surface area contributed by atoms with E-state index >= 15 is 0 Å². The zero-order chi connectivity index (χ0) is 62.8. The van der Waals surface area contributed by atoms with Crippen LogP contribution in [-0.4, -0.2) is 54.3 Å². The molecule has 1 saturated heterocycles. The van der Waals surface area contributed by atoms with Crippen LogP contribution in [-0.2, 0) is 47.3 Å². The van der Waals surface area contributed by atoms with Gasteiger partial charge in [0.25, 0.3) is 16.6 Å². The number of rotatable bonds is 18. The first-order valence-electron chi connectivity index (χ1n) is 27.7. The van der Waals surface area contributed by atoms with Crippen molar-refractivity contribution in [2.45, 2.75) is 101 Å². The summed E-state index contributed by atoms with van der Waals surface area (Å²) in [6.07, 6.45) is -24.5. The Morgan fingerprint density at radius 3 is 0.713 bits per heavy atom. The number of benzene rings is 8. The molecule has 0 saturated carbocycles. The fourth-order valence-electron chi connectivity index (χ4n) is 11.2. The standard InChI is InChI=1S/C66H62F12O5P2Si2/c1-61(2,3)86(53-19-11-7-12-20-53,54-21-13-8-14-22-54)79-43-57-59(82-84(49-35-27-45(28-36-49)63(67,68)69)50-37-29-46(30-38-50)64(70,71)72)60(58(81-57)44-80-87(62(4,5)6,55-23-15-9-16-24-55)56-25-17-10-18-26-56)83-85(51-39-31-47(32-40-51)65(73,74)75)52-41-33-48(34-42-52)66(76,77)78/h7-42,57-60H,43-44H2,1-6H3/t57-,58-,59-,60-/m1/s1. The lowest BCUT2D eigenvalue weighted by Gasteiger charge is -2.44. The van der Waals surface area contributed by atoms with Crippen LogP contribution in [0.4, 0.5) is 52.7 Å². The van der Waals surface area contributed by atoms with Gasteiger partial charge >= 0.3 is 24.7 Å². The summed E-state index contributed by atoms with van der Waals surface area (Å²) in [7, 11) is -12.0. The van der Waals surface area contributed by atoms with Gasteiger partial charge in [0, 0.05) is 21.2 Å². The Labute approximate surface area is 502 Å². The van der Waals surface area contributed by atoms with Crippen LogP contribution >= 0.6 is 16.3 Å². The molecule has 1 fully saturated rings. The molecule has 0 amide bonds. The second-order valence-electron chi connectivity index (χ2n) is 23.1. The summed E-state index contributed by atoms with van der Waals surface area (Å²) in [5, 5.41) is 2.69. The Hall–Kier alpha value is -5.99. The first kappa shape index (κ1) is 65.5. The number of ether oxygens (including phenoxy) is 1. The highest BCUT2D eigenvalue weighted by Gasteiger charge is 2.56. The minimum Gasteiger partial charge on any atom is -0.405 e. The van der Waals surface area contributed by atoms with E-state index in [1.807, 2.05) is 163 Å². The lowest BCUT2D eigenvalue weighted by atomic mass is 10.1. The van der Waals surface area contributed by atoms with Gasteiger partial charge in [0.05, 0.1) is 51.8 Å². The average molecular weight is 1280 g/mol. The van der Waals surface area contributed by atoms with Crippen LogP contribution in [0.3, 0.4) is 0 Å². The maximum Gasteiger partial charge on any atom is 0.416 e. The molecule has 0 radical (unpaired) electrons. The summed E-state index contributed by atoms with van der Waals surface area (Å²) in [6.45, 7) is 11.7. The van der Waals surface area contributed by atoms with Gasteiger partial charge in [0.1, 0.15) is 24.4 Å². The molecule has 4 atom stereocenters. The summed E-state index contributed by atoms with van der Waals surface area (Å²) >= 11 is 0. The highest BCUT2D eigenvalue weighted by atomic mass is 31.1. The highest BCUT2D eigenvalue weighted by molar-refractivity contribution is 7.69. The van der Waals surface area contributed by atoms with Crippen LogP contribution in [0.1, 0.15) is 63.8 Å². The first-order chi connectivity index (χ1) is 40.9. The molecule has 5 nitrogen and oxygen atoms in total. The summed E-state index contributed by atoms with van der Waals surface area (Å²) in [5.74, 6) is 0. The van der Waals surface area contributed by atoms with Gasteiger partial charge < -0.3 is 22.6 Å². The van der Waals surface area contributed by atoms with Crippen molar-refractivity contribution in [3.8, 4) is 0 Å². The van der Waals surface area contributed by atoms with Crippen molar-refractivity contribution in [3.63, 3.8) is 0 Å². The van der Waals surface area contributed by atoms with E-state index in [0.717, 1.165) is 69.3 Å². The smallest absolute Gasteiger partial charge is 0.405 e. The molecule has 9 rings (SSSR count). The van der Waals surface area contributed by atoms with E-state index in [9.17, 15) is 52.7 Å². The van der Waals surface area contributed by atoms with Crippen LogP contribution in [0.15, 0.2) is 218 Å². The Balaban J connectivity index is 1.29. The molecule has 0 spiro atoms. The van der Waals surface area contributed by atoms with E-state index in [1.54, 1.807) is 0 Å². The Bertz CT molecular complexity index is 3070. The number of hydrogen-bond acceptors (Lipinski definition) is 5. The van der Waals surface area contributed by atoms with E-state index in [2.05, 4.69) is 0 Å². The van der Waals surface area contributed by atoms with Gasteiger partial charge in [0.15, 0.2) is 0 Å². The molecule has 1 aliphatic heterocycles. The van der Waals surface area contributed by atoms with Gasteiger partial charge in [-0.15, -0.1) is 0 Å². The van der Waals surface area contributed by atoms with Crippen molar-refractivity contribution in [3.05, 3.63) is 241 Å². The Morgan fingerprint density at radius 1 is 0.322 bits per heavy atom. The van der Waals surface area contributed by atoms with Gasteiger partial charge in [-0.1, -0.05) is 211 Å². The fourth-order valence-corrected chi connectivity index (χ4v) is 24.1. The van der Waals surface area contributed by atoms with E-state index in [1.165, 1.54) is 48.5 Å². The largest absolute Gasteiger partial charge is 0.416 e. The highest BCUT2D eigenvalue weighted by Crippen LogP contribution is 2.49. The molecule has 21 heteroatoms. The van der Waals surface area contributed by atoms with Gasteiger partial charge in [-0.05, 0) is 79.4 Å². The minimum absolute atomic E-state index is 0.128. The lowest BCUT2D eigenvalue weighted by molar-refractivity contribution is -0.138. The molecule has 0 N–H and O–H groups in total. The van der Waals surface area contributed by atoms with Crippen molar-refractivity contribution >= 4 is 74.9 Å². The average Bonchev–Trinajstić information content (AvgIpc) is 1.54. The van der Waals surface area contributed by atoms with Crippen LogP contribution in [0.2, 0.25) is 10.1 Å². The van der Waals surface area contributed by atoms with Crippen molar-refractivity contribution in [2.75, 3.05) is 13.2 Å². The van der Waals surface area contributed by atoms with Crippen molar-refractivity contribution in [1.29, 1.82) is 0 Å². The van der Waals surface area contributed by atoms with E-state index in [0.29, 0.717) is 0 Å². The van der Waals surface area contributed by atoms with Crippen molar-refractivity contribution in [2.24, 2.45) is 0 Å².